The standard InChI is InChI=1S/C26H25N5O2S/c1-19(32)22-10-5-6-11-23(22)28-24(33)12-7-17-34-26-30-29-25(21-13-15-27-16-14-21)31(26)18-20-8-3-2-4-9-20/h2-6,8-11,13-16H,7,12,17-18H2,1H3,(H,28,33). The van der Waals surface area contributed by atoms with E-state index in [-0.39, 0.29) is 11.7 Å². The molecule has 2 aromatic heterocycles. The van der Waals surface area contributed by atoms with Crippen LogP contribution in [0.5, 0.6) is 0 Å². The Morgan fingerprint density at radius 3 is 2.44 bits per heavy atom. The van der Waals surface area contributed by atoms with Crippen LogP contribution in [-0.2, 0) is 11.3 Å². The summed E-state index contributed by atoms with van der Waals surface area (Å²) in [6.45, 7) is 2.14. The van der Waals surface area contributed by atoms with Crippen molar-refractivity contribution in [3.63, 3.8) is 0 Å². The molecule has 0 saturated carbocycles. The summed E-state index contributed by atoms with van der Waals surface area (Å²) in [4.78, 5) is 28.3. The predicted octanol–water partition coefficient (Wildman–Crippen LogP) is 5.10. The van der Waals surface area contributed by atoms with Gasteiger partial charge in [-0.1, -0.05) is 54.2 Å². The van der Waals surface area contributed by atoms with Crippen LogP contribution in [0.4, 0.5) is 5.69 Å². The Balaban J connectivity index is 1.39. The summed E-state index contributed by atoms with van der Waals surface area (Å²) in [5.74, 6) is 1.31. The van der Waals surface area contributed by atoms with E-state index in [1.165, 1.54) is 6.92 Å². The molecule has 8 heteroatoms. The number of hydrogen-bond donors (Lipinski definition) is 1. The zero-order chi connectivity index (χ0) is 23.8. The molecule has 2 heterocycles. The molecule has 1 amide bonds. The number of Topliss-reactive ketones (excluding diaryl/α,β-unsaturated/α-hetero) is 1. The molecule has 7 nitrogen and oxygen atoms in total. The van der Waals surface area contributed by atoms with Crippen LogP contribution in [-0.4, -0.2) is 37.2 Å². The number of rotatable bonds is 10. The third-order valence-corrected chi connectivity index (χ3v) is 6.25. The molecule has 0 saturated heterocycles. The lowest BCUT2D eigenvalue weighted by atomic mass is 10.1. The Bertz CT molecular complexity index is 1260. The van der Waals surface area contributed by atoms with Crippen molar-refractivity contribution in [1.29, 1.82) is 0 Å². The van der Waals surface area contributed by atoms with Crippen molar-refractivity contribution in [1.82, 2.24) is 19.7 Å². The van der Waals surface area contributed by atoms with Crippen LogP contribution in [0.15, 0.2) is 84.3 Å². The molecular weight excluding hydrogens is 446 g/mol. The highest BCUT2D eigenvalue weighted by molar-refractivity contribution is 7.99. The first kappa shape index (κ1) is 23.4. The molecule has 172 valence electrons. The van der Waals surface area contributed by atoms with Crippen molar-refractivity contribution in [3.8, 4) is 11.4 Å². The smallest absolute Gasteiger partial charge is 0.224 e. The molecule has 2 aromatic carbocycles. The first-order valence-electron chi connectivity index (χ1n) is 11.0. The highest BCUT2D eigenvalue weighted by Gasteiger charge is 2.15. The van der Waals surface area contributed by atoms with E-state index in [2.05, 4.69) is 37.2 Å². The van der Waals surface area contributed by atoms with E-state index in [1.54, 1.807) is 48.4 Å². The van der Waals surface area contributed by atoms with Gasteiger partial charge in [0.2, 0.25) is 5.91 Å². The lowest BCUT2D eigenvalue weighted by Crippen LogP contribution is -2.14. The van der Waals surface area contributed by atoms with Crippen LogP contribution < -0.4 is 5.32 Å². The Hall–Kier alpha value is -3.78. The predicted molar refractivity (Wildman–Crippen MR) is 134 cm³/mol. The maximum Gasteiger partial charge on any atom is 0.224 e. The van der Waals surface area contributed by atoms with E-state index in [1.807, 2.05) is 30.3 Å². The molecule has 34 heavy (non-hydrogen) atoms. The number of anilines is 1. The summed E-state index contributed by atoms with van der Waals surface area (Å²) in [7, 11) is 0. The van der Waals surface area contributed by atoms with Crippen LogP contribution in [0.2, 0.25) is 0 Å². The summed E-state index contributed by atoms with van der Waals surface area (Å²) in [5, 5.41) is 12.5. The maximum atomic E-state index is 12.4. The molecule has 0 bridgehead atoms. The quantitative estimate of drug-likeness (QED) is 0.197. The van der Waals surface area contributed by atoms with Gasteiger partial charge in [-0.05, 0) is 43.2 Å². The van der Waals surface area contributed by atoms with Crippen LogP contribution in [0.25, 0.3) is 11.4 Å². The highest BCUT2D eigenvalue weighted by Crippen LogP contribution is 2.26. The fourth-order valence-electron chi connectivity index (χ4n) is 3.53. The number of nitrogens with one attached hydrogen (secondary N) is 1. The number of nitrogens with zero attached hydrogens (tertiary/aromatic N) is 4. The summed E-state index contributed by atoms with van der Waals surface area (Å²) in [6.07, 6.45) is 4.50. The number of benzene rings is 2. The second kappa shape index (κ2) is 11.4. The molecule has 0 aliphatic heterocycles. The zero-order valence-corrected chi connectivity index (χ0v) is 19.7. The van der Waals surface area contributed by atoms with Gasteiger partial charge < -0.3 is 5.32 Å². The van der Waals surface area contributed by atoms with E-state index in [9.17, 15) is 9.59 Å². The number of aromatic nitrogens is 4. The monoisotopic (exact) mass is 471 g/mol. The topological polar surface area (TPSA) is 89.8 Å². The van der Waals surface area contributed by atoms with Gasteiger partial charge in [-0.25, -0.2) is 0 Å². The molecule has 0 atom stereocenters. The molecule has 0 unspecified atom stereocenters. The lowest BCUT2D eigenvalue weighted by molar-refractivity contribution is -0.116. The minimum absolute atomic E-state index is 0.0748. The first-order valence-corrected chi connectivity index (χ1v) is 12.0. The Kier molecular flexibility index (Phi) is 7.83. The van der Waals surface area contributed by atoms with Gasteiger partial charge in [0.25, 0.3) is 0 Å². The van der Waals surface area contributed by atoms with Crippen molar-refractivity contribution in [2.45, 2.75) is 31.5 Å². The molecular formula is C26H25N5O2S. The number of hydrogen-bond acceptors (Lipinski definition) is 6. The van der Waals surface area contributed by atoms with Gasteiger partial charge in [-0.3, -0.25) is 19.1 Å². The third kappa shape index (κ3) is 5.96. The van der Waals surface area contributed by atoms with Crippen molar-refractivity contribution in [2.24, 2.45) is 0 Å². The van der Waals surface area contributed by atoms with Crippen molar-refractivity contribution >= 4 is 29.1 Å². The molecule has 0 fully saturated rings. The van der Waals surface area contributed by atoms with Crippen LogP contribution in [0, 0.1) is 0 Å². The summed E-state index contributed by atoms with van der Waals surface area (Å²) in [5.41, 5.74) is 3.18. The summed E-state index contributed by atoms with van der Waals surface area (Å²) >= 11 is 1.58. The zero-order valence-electron chi connectivity index (χ0n) is 18.8. The molecule has 1 N–H and O–H groups in total. The van der Waals surface area contributed by atoms with Gasteiger partial charge >= 0.3 is 0 Å². The van der Waals surface area contributed by atoms with E-state index >= 15 is 0 Å². The van der Waals surface area contributed by atoms with Gasteiger partial charge in [-0.15, -0.1) is 10.2 Å². The van der Waals surface area contributed by atoms with Crippen molar-refractivity contribution < 1.29 is 9.59 Å². The highest BCUT2D eigenvalue weighted by atomic mass is 32.2. The Morgan fingerprint density at radius 2 is 1.68 bits per heavy atom. The van der Waals surface area contributed by atoms with Gasteiger partial charge in [0.05, 0.1) is 12.2 Å². The fraction of sp³-hybridized carbons (Fsp3) is 0.192. The first-order chi connectivity index (χ1) is 16.6. The average molecular weight is 472 g/mol. The molecule has 0 aliphatic rings. The minimum atomic E-state index is -0.113. The van der Waals surface area contributed by atoms with Gasteiger partial charge in [0, 0.05) is 35.7 Å². The van der Waals surface area contributed by atoms with Crippen LogP contribution in [0.3, 0.4) is 0 Å². The van der Waals surface area contributed by atoms with E-state index in [0.29, 0.717) is 36.4 Å². The van der Waals surface area contributed by atoms with Crippen LogP contribution >= 0.6 is 11.8 Å². The second-order valence-electron chi connectivity index (χ2n) is 7.72. The third-order valence-electron chi connectivity index (χ3n) is 5.20. The number of ketones is 1. The van der Waals surface area contributed by atoms with E-state index in [0.717, 1.165) is 22.1 Å². The molecule has 4 aromatic rings. The number of para-hydroxylation sites is 1. The van der Waals surface area contributed by atoms with Gasteiger partial charge in [0.15, 0.2) is 16.8 Å². The number of carbonyl (C=O) groups excluding carboxylic acids is 2. The fourth-order valence-corrected chi connectivity index (χ4v) is 4.40. The van der Waals surface area contributed by atoms with E-state index in [4.69, 9.17) is 0 Å². The summed E-state index contributed by atoms with van der Waals surface area (Å²) < 4.78 is 2.10. The van der Waals surface area contributed by atoms with E-state index < -0.39 is 0 Å². The average Bonchev–Trinajstić information content (AvgIpc) is 3.25. The summed E-state index contributed by atoms with van der Waals surface area (Å²) in [6, 6.07) is 21.1. The molecule has 0 spiro atoms. The molecule has 4 rings (SSSR count). The van der Waals surface area contributed by atoms with Gasteiger partial charge in [0.1, 0.15) is 0 Å². The maximum absolute atomic E-state index is 12.4. The normalized spacial score (nSPS) is 10.7. The Labute approximate surface area is 202 Å². The lowest BCUT2D eigenvalue weighted by Gasteiger charge is -2.11. The number of pyridine rings is 1. The Morgan fingerprint density at radius 1 is 0.941 bits per heavy atom. The largest absolute Gasteiger partial charge is 0.325 e. The van der Waals surface area contributed by atoms with Crippen LogP contribution in [0.1, 0.15) is 35.7 Å². The van der Waals surface area contributed by atoms with Crippen molar-refractivity contribution in [2.75, 3.05) is 11.1 Å². The number of amides is 1. The number of carbonyl (C=O) groups is 2. The van der Waals surface area contributed by atoms with Gasteiger partial charge in [-0.2, -0.15) is 0 Å². The molecule has 0 radical (unpaired) electrons. The second-order valence-corrected chi connectivity index (χ2v) is 8.78. The number of thioether (sulfide) groups is 1. The minimum Gasteiger partial charge on any atom is -0.325 e. The SMILES string of the molecule is CC(=O)c1ccccc1NC(=O)CCCSc1nnc(-c2ccncc2)n1Cc1ccccc1. The molecule has 0 aliphatic carbocycles. The van der Waals surface area contributed by atoms with Crippen molar-refractivity contribution in [3.05, 3.63) is 90.3 Å².